The highest BCUT2D eigenvalue weighted by atomic mass is 16.5. The Morgan fingerprint density at radius 1 is 1.11 bits per heavy atom. The molecule has 28 heavy (non-hydrogen) atoms. The second-order valence-electron chi connectivity index (χ2n) is 9.04. The van der Waals surface area contributed by atoms with Crippen LogP contribution in [0.15, 0.2) is 59.1 Å². The van der Waals surface area contributed by atoms with Crippen LogP contribution < -0.4 is 0 Å². The van der Waals surface area contributed by atoms with Crippen LogP contribution in [-0.4, -0.2) is 17.8 Å². The Hall–Kier alpha value is -2.16. The summed E-state index contributed by atoms with van der Waals surface area (Å²) in [6.45, 7) is 8.66. The highest BCUT2D eigenvalue weighted by molar-refractivity contribution is 6.03. The van der Waals surface area contributed by atoms with Gasteiger partial charge in [0.25, 0.3) is 0 Å². The quantitative estimate of drug-likeness (QED) is 0.582. The monoisotopic (exact) mass is 379 g/mol. The molecule has 0 spiro atoms. The van der Waals surface area contributed by atoms with Gasteiger partial charge in [0.2, 0.25) is 0 Å². The van der Waals surface area contributed by atoms with Crippen molar-refractivity contribution in [2.24, 2.45) is 16.3 Å². The number of allylic oxidation sites excluding steroid dienone is 2. The van der Waals surface area contributed by atoms with E-state index in [-0.39, 0.29) is 23.3 Å². The maximum Gasteiger partial charge on any atom is 0.309 e. The van der Waals surface area contributed by atoms with Gasteiger partial charge < -0.3 is 4.74 Å². The van der Waals surface area contributed by atoms with Gasteiger partial charge in [-0.25, -0.2) is 0 Å². The lowest BCUT2D eigenvalue weighted by Gasteiger charge is -2.28. The lowest BCUT2D eigenvalue weighted by molar-refractivity contribution is -0.150. The Morgan fingerprint density at radius 2 is 1.79 bits per heavy atom. The van der Waals surface area contributed by atoms with Gasteiger partial charge in [-0.3, -0.25) is 9.79 Å². The second-order valence-corrected chi connectivity index (χ2v) is 9.04. The third-order valence-electron chi connectivity index (χ3n) is 5.72. The van der Waals surface area contributed by atoms with Crippen molar-refractivity contribution in [1.82, 2.24) is 0 Å². The molecule has 0 bridgehead atoms. The number of aliphatic imine (C=N–C) groups is 1. The van der Waals surface area contributed by atoms with E-state index in [0.717, 1.165) is 37.0 Å². The van der Waals surface area contributed by atoms with Gasteiger partial charge >= 0.3 is 5.97 Å². The molecule has 1 fully saturated rings. The zero-order chi connectivity index (χ0) is 20.1. The van der Waals surface area contributed by atoms with E-state index in [1.807, 2.05) is 24.3 Å². The largest absolute Gasteiger partial charge is 0.451 e. The van der Waals surface area contributed by atoms with Crippen LogP contribution in [0.4, 0.5) is 0 Å². The van der Waals surface area contributed by atoms with E-state index in [9.17, 15) is 4.79 Å². The van der Waals surface area contributed by atoms with Crippen LogP contribution in [0.2, 0.25) is 0 Å². The number of hydrogen-bond acceptors (Lipinski definition) is 3. The summed E-state index contributed by atoms with van der Waals surface area (Å²) in [6, 6.07) is 10.3. The van der Waals surface area contributed by atoms with E-state index in [4.69, 9.17) is 9.73 Å². The predicted octanol–water partition coefficient (Wildman–Crippen LogP) is 6.22. The average Bonchev–Trinajstić information content (AvgIpc) is 2.69. The predicted molar refractivity (Wildman–Crippen MR) is 115 cm³/mol. The highest BCUT2D eigenvalue weighted by Crippen LogP contribution is 2.31. The van der Waals surface area contributed by atoms with Gasteiger partial charge in [0.15, 0.2) is 6.10 Å². The lowest BCUT2D eigenvalue weighted by Crippen LogP contribution is -2.31. The van der Waals surface area contributed by atoms with Gasteiger partial charge in [0, 0.05) is 0 Å². The van der Waals surface area contributed by atoms with Crippen LogP contribution in [0, 0.1) is 11.3 Å². The molecule has 0 amide bonds. The minimum absolute atomic E-state index is 0.0102. The third-order valence-corrected chi connectivity index (χ3v) is 5.72. The van der Waals surface area contributed by atoms with E-state index in [1.165, 1.54) is 12.0 Å². The molecule has 0 radical (unpaired) electrons. The Kier molecular flexibility index (Phi) is 6.53. The van der Waals surface area contributed by atoms with Gasteiger partial charge in [-0.15, -0.1) is 0 Å². The van der Waals surface area contributed by atoms with Crippen molar-refractivity contribution < 1.29 is 9.53 Å². The average molecular weight is 380 g/mol. The van der Waals surface area contributed by atoms with Crippen LogP contribution in [0.25, 0.3) is 0 Å². The maximum atomic E-state index is 12.7. The number of ether oxygens (including phenoxy) is 1. The van der Waals surface area contributed by atoms with Crippen molar-refractivity contribution in [3.63, 3.8) is 0 Å². The summed E-state index contributed by atoms with van der Waals surface area (Å²) in [7, 11) is 0. The zero-order valence-corrected chi connectivity index (χ0v) is 17.7. The molecule has 0 aliphatic heterocycles. The molecule has 2 aliphatic carbocycles. The van der Waals surface area contributed by atoms with E-state index >= 15 is 0 Å². The van der Waals surface area contributed by atoms with Gasteiger partial charge in [0.05, 0.1) is 17.7 Å². The zero-order valence-electron chi connectivity index (χ0n) is 17.7. The number of carbonyl (C=O) groups excluding carboxylic acids is 1. The molecule has 0 saturated heterocycles. The van der Waals surface area contributed by atoms with Crippen molar-refractivity contribution in [1.29, 1.82) is 0 Å². The lowest BCUT2D eigenvalue weighted by atomic mass is 9.82. The summed E-state index contributed by atoms with van der Waals surface area (Å²) in [5, 5.41) is 0. The first-order valence-corrected chi connectivity index (χ1v) is 10.6. The molecule has 2 aliphatic rings. The molecule has 3 nitrogen and oxygen atoms in total. The van der Waals surface area contributed by atoms with Crippen molar-refractivity contribution in [3.05, 3.63) is 59.7 Å². The molecular formula is C25H33NO2. The Bertz CT molecular complexity index is 761. The van der Waals surface area contributed by atoms with Gasteiger partial charge in [-0.2, -0.15) is 0 Å². The minimum atomic E-state index is -0.397. The minimum Gasteiger partial charge on any atom is -0.451 e. The van der Waals surface area contributed by atoms with Crippen LogP contribution in [0.5, 0.6) is 0 Å². The molecule has 3 rings (SSSR count). The number of nitrogens with zero attached hydrogens (tertiary/aromatic N) is 1. The van der Waals surface area contributed by atoms with Crippen LogP contribution in [0.3, 0.4) is 0 Å². The van der Waals surface area contributed by atoms with Crippen molar-refractivity contribution in [3.8, 4) is 0 Å². The third kappa shape index (κ3) is 5.21. The fourth-order valence-corrected chi connectivity index (χ4v) is 3.85. The summed E-state index contributed by atoms with van der Waals surface area (Å²) >= 11 is 0. The standard InChI is InChI=1S/C25H33NO2/c1-18(19-11-7-5-8-12-19)26-22-17-21(25(2,3)4)15-16-23(22)28-24(27)20-13-9-6-10-14-20/h5,7-8,11-12,15-18,20,23H,6,9-10,13-14H2,1-4H3. The molecule has 2 atom stereocenters. The molecule has 1 aromatic rings. The number of esters is 1. The molecule has 3 heteroatoms. The molecule has 0 heterocycles. The molecule has 1 aromatic carbocycles. The fraction of sp³-hybridized carbons (Fsp3) is 0.520. The normalized spacial score (nSPS) is 23.4. The number of carbonyl (C=O) groups is 1. The Morgan fingerprint density at radius 3 is 2.43 bits per heavy atom. The first-order valence-electron chi connectivity index (χ1n) is 10.6. The van der Waals surface area contributed by atoms with E-state index in [0.29, 0.717) is 0 Å². The van der Waals surface area contributed by atoms with E-state index < -0.39 is 6.10 Å². The molecule has 0 N–H and O–H groups in total. The first kappa shape index (κ1) is 20.6. The molecule has 1 saturated carbocycles. The topological polar surface area (TPSA) is 38.7 Å². The van der Waals surface area contributed by atoms with E-state index in [1.54, 1.807) is 0 Å². The SMILES string of the molecule is CC(N=C1C=C(C(C)(C)C)C=CC1OC(=O)C1CCCCC1)c1ccccc1. The second kappa shape index (κ2) is 8.89. The fourth-order valence-electron chi connectivity index (χ4n) is 3.85. The van der Waals surface area contributed by atoms with Crippen molar-refractivity contribution in [2.45, 2.75) is 71.9 Å². The Balaban J connectivity index is 1.83. The summed E-state index contributed by atoms with van der Waals surface area (Å²) in [5.74, 6) is -0.0232. The molecular weight excluding hydrogens is 346 g/mol. The van der Waals surface area contributed by atoms with Gasteiger partial charge in [0.1, 0.15) is 0 Å². The number of rotatable bonds is 4. The smallest absolute Gasteiger partial charge is 0.309 e. The van der Waals surface area contributed by atoms with Crippen LogP contribution in [-0.2, 0) is 9.53 Å². The van der Waals surface area contributed by atoms with Crippen molar-refractivity contribution in [2.75, 3.05) is 0 Å². The summed E-state index contributed by atoms with van der Waals surface area (Å²) in [5.41, 5.74) is 3.23. The summed E-state index contributed by atoms with van der Waals surface area (Å²) in [4.78, 5) is 17.7. The maximum absolute atomic E-state index is 12.7. The summed E-state index contributed by atoms with van der Waals surface area (Å²) in [6.07, 6.45) is 11.2. The number of benzene rings is 1. The molecule has 2 unspecified atom stereocenters. The summed E-state index contributed by atoms with van der Waals surface area (Å²) < 4.78 is 5.94. The van der Waals surface area contributed by atoms with Crippen molar-refractivity contribution >= 4 is 11.7 Å². The van der Waals surface area contributed by atoms with Crippen LogP contribution >= 0.6 is 0 Å². The Labute approximate surface area is 169 Å². The van der Waals surface area contributed by atoms with Crippen LogP contribution in [0.1, 0.15) is 71.4 Å². The molecule has 0 aromatic heterocycles. The first-order chi connectivity index (χ1) is 13.3. The highest BCUT2D eigenvalue weighted by Gasteiger charge is 2.29. The van der Waals surface area contributed by atoms with E-state index in [2.05, 4.69) is 52.0 Å². The van der Waals surface area contributed by atoms with Gasteiger partial charge in [-0.05, 0) is 48.5 Å². The van der Waals surface area contributed by atoms with Gasteiger partial charge in [-0.1, -0.05) is 76.4 Å². The molecule has 150 valence electrons. The number of hydrogen-bond donors (Lipinski definition) is 0.